The Morgan fingerprint density at radius 3 is 2.72 bits per heavy atom. The number of nitrogens with one attached hydrogen (secondary N) is 1. The van der Waals surface area contributed by atoms with Gasteiger partial charge in [0.05, 0.1) is 6.54 Å². The third-order valence-electron chi connectivity index (χ3n) is 3.36. The highest BCUT2D eigenvalue weighted by Gasteiger charge is 2.17. The number of ether oxygens (including phenoxy) is 2. The molecule has 2 N–H and O–H groups in total. The van der Waals surface area contributed by atoms with Crippen LogP contribution in [0.2, 0.25) is 0 Å². The maximum atomic E-state index is 11.9. The maximum absolute atomic E-state index is 11.9. The number of furan rings is 1. The topological polar surface area (TPSA) is 98.0 Å². The Balaban J connectivity index is 1.68. The lowest BCUT2D eigenvalue weighted by Crippen LogP contribution is -2.32. The van der Waals surface area contributed by atoms with Crippen molar-refractivity contribution in [2.45, 2.75) is 20.5 Å². The average molecular weight is 347 g/mol. The Hall–Kier alpha value is -2.80. The zero-order valence-corrected chi connectivity index (χ0v) is 14.2. The molecule has 134 valence electrons. The number of carbonyl (C=O) groups is 2. The third-order valence-corrected chi connectivity index (χ3v) is 3.36. The summed E-state index contributed by atoms with van der Waals surface area (Å²) in [7, 11) is 0. The Kier molecular flexibility index (Phi) is 6.59. The number of aliphatic hydroxyl groups is 1. The summed E-state index contributed by atoms with van der Waals surface area (Å²) in [6.45, 7) is 3.44. The molecule has 0 aliphatic carbocycles. The van der Waals surface area contributed by atoms with Crippen LogP contribution >= 0.6 is 0 Å². The molecule has 0 bridgehead atoms. The summed E-state index contributed by atoms with van der Waals surface area (Å²) in [4.78, 5) is 23.6. The molecule has 0 fully saturated rings. The lowest BCUT2D eigenvalue weighted by atomic mass is 10.2. The molecule has 0 saturated heterocycles. The normalized spacial score (nSPS) is 10.4. The van der Waals surface area contributed by atoms with Crippen molar-refractivity contribution in [1.82, 2.24) is 5.32 Å². The fraction of sp³-hybridized carbons (Fsp3) is 0.333. The highest BCUT2D eigenvalue weighted by molar-refractivity contribution is 5.92. The predicted octanol–water partition coefficient (Wildman–Crippen LogP) is 1.74. The van der Waals surface area contributed by atoms with Crippen LogP contribution in [0.5, 0.6) is 5.75 Å². The van der Waals surface area contributed by atoms with Gasteiger partial charge in [-0.3, -0.25) is 4.79 Å². The van der Waals surface area contributed by atoms with Crippen molar-refractivity contribution in [2.24, 2.45) is 0 Å². The van der Waals surface area contributed by atoms with Crippen LogP contribution in [0.1, 0.15) is 27.4 Å². The summed E-state index contributed by atoms with van der Waals surface area (Å²) in [6, 6.07) is 8.99. The second-order valence-electron chi connectivity index (χ2n) is 5.43. The number of amides is 1. The van der Waals surface area contributed by atoms with E-state index in [9.17, 15) is 9.59 Å². The number of aliphatic hydroxyl groups excluding tert-OH is 1. The van der Waals surface area contributed by atoms with Crippen LogP contribution < -0.4 is 10.1 Å². The second kappa shape index (κ2) is 8.89. The van der Waals surface area contributed by atoms with Crippen molar-refractivity contribution in [3.8, 4) is 5.75 Å². The van der Waals surface area contributed by atoms with E-state index >= 15 is 0 Å². The Morgan fingerprint density at radius 1 is 1.24 bits per heavy atom. The van der Waals surface area contributed by atoms with Crippen molar-refractivity contribution < 1.29 is 28.6 Å². The van der Waals surface area contributed by atoms with E-state index < -0.39 is 18.5 Å². The van der Waals surface area contributed by atoms with Gasteiger partial charge in [0, 0.05) is 0 Å². The quantitative estimate of drug-likeness (QED) is 0.558. The fourth-order valence-corrected chi connectivity index (χ4v) is 2.15. The molecular formula is C18H21NO6. The molecule has 7 heteroatoms. The van der Waals surface area contributed by atoms with E-state index in [0.29, 0.717) is 18.9 Å². The molecule has 25 heavy (non-hydrogen) atoms. The number of aryl methyl sites for hydroxylation is 2. The maximum Gasteiger partial charge on any atom is 0.342 e. The minimum Gasteiger partial charge on any atom is -0.492 e. The zero-order chi connectivity index (χ0) is 18.2. The summed E-state index contributed by atoms with van der Waals surface area (Å²) in [5, 5.41) is 11.6. The van der Waals surface area contributed by atoms with Crippen molar-refractivity contribution in [3.63, 3.8) is 0 Å². The summed E-state index contributed by atoms with van der Waals surface area (Å²) in [6.07, 6.45) is 0. The molecule has 0 spiro atoms. The molecule has 2 rings (SSSR count). The molecule has 0 atom stereocenters. The number of carbonyl (C=O) groups excluding carboxylic acids is 2. The van der Waals surface area contributed by atoms with Crippen LogP contribution in [0.4, 0.5) is 0 Å². The van der Waals surface area contributed by atoms with Gasteiger partial charge < -0.3 is 24.3 Å². The van der Waals surface area contributed by atoms with Gasteiger partial charge in [-0.05, 0) is 37.6 Å². The first-order chi connectivity index (χ1) is 12.0. The van der Waals surface area contributed by atoms with E-state index in [-0.39, 0.29) is 17.9 Å². The number of esters is 1. The van der Waals surface area contributed by atoms with Crippen molar-refractivity contribution in [2.75, 3.05) is 19.8 Å². The predicted molar refractivity (Wildman–Crippen MR) is 89.3 cm³/mol. The molecule has 0 radical (unpaired) electrons. The van der Waals surface area contributed by atoms with Crippen molar-refractivity contribution >= 4 is 11.9 Å². The van der Waals surface area contributed by atoms with Crippen molar-refractivity contribution in [3.05, 3.63) is 53.0 Å². The number of hydrogen-bond acceptors (Lipinski definition) is 6. The first kappa shape index (κ1) is 18.5. The monoisotopic (exact) mass is 347 g/mol. The van der Waals surface area contributed by atoms with Gasteiger partial charge in [-0.1, -0.05) is 12.1 Å². The highest BCUT2D eigenvalue weighted by Crippen LogP contribution is 2.15. The van der Waals surface area contributed by atoms with Crippen LogP contribution in [0.15, 0.2) is 34.7 Å². The van der Waals surface area contributed by atoms with Gasteiger partial charge in [-0.2, -0.15) is 0 Å². The molecule has 0 aliphatic heterocycles. The van der Waals surface area contributed by atoms with Gasteiger partial charge in [0.1, 0.15) is 36.0 Å². The third kappa shape index (κ3) is 5.65. The standard InChI is InChI=1S/C18H21NO6/c1-12-4-3-5-14(8-12)23-7-6-19-17(21)11-24-18(22)16-9-15(10-20)25-13(16)2/h3-5,8-9,20H,6-7,10-11H2,1-2H3,(H,19,21). The van der Waals surface area contributed by atoms with Crippen molar-refractivity contribution in [1.29, 1.82) is 0 Å². The van der Waals surface area contributed by atoms with Crippen LogP contribution in [0, 0.1) is 13.8 Å². The number of hydrogen-bond donors (Lipinski definition) is 2. The number of rotatable bonds is 8. The second-order valence-corrected chi connectivity index (χ2v) is 5.43. The molecule has 1 heterocycles. The van der Waals surface area contributed by atoms with E-state index in [0.717, 1.165) is 11.3 Å². The van der Waals surface area contributed by atoms with E-state index in [2.05, 4.69) is 5.32 Å². The van der Waals surface area contributed by atoms with E-state index in [1.807, 2.05) is 31.2 Å². The van der Waals surface area contributed by atoms with Crippen LogP contribution in [-0.4, -0.2) is 36.7 Å². The molecule has 2 aromatic rings. The molecule has 1 amide bonds. The first-order valence-electron chi connectivity index (χ1n) is 7.83. The SMILES string of the molecule is Cc1cccc(OCCNC(=O)COC(=O)c2cc(CO)oc2C)c1. The summed E-state index contributed by atoms with van der Waals surface area (Å²) >= 11 is 0. The molecule has 0 unspecified atom stereocenters. The Morgan fingerprint density at radius 2 is 2.04 bits per heavy atom. The van der Waals surface area contributed by atoms with E-state index in [1.165, 1.54) is 6.07 Å². The summed E-state index contributed by atoms with van der Waals surface area (Å²) < 4.78 is 15.6. The smallest absolute Gasteiger partial charge is 0.342 e. The lowest BCUT2D eigenvalue weighted by Gasteiger charge is -2.08. The Labute approximate surface area is 145 Å². The lowest BCUT2D eigenvalue weighted by molar-refractivity contribution is -0.124. The minimum atomic E-state index is -0.674. The van der Waals surface area contributed by atoms with Gasteiger partial charge in [0.2, 0.25) is 0 Å². The summed E-state index contributed by atoms with van der Waals surface area (Å²) in [5.41, 5.74) is 1.28. The molecular weight excluding hydrogens is 326 g/mol. The Bertz CT molecular complexity index is 737. The fourth-order valence-electron chi connectivity index (χ4n) is 2.15. The van der Waals surface area contributed by atoms with Gasteiger partial charge in [-0.15, -0.1) is 0 Å². The van der Waals surface area contributed by atoms with Crippen LogP contribution in [-0.2, 0) is 16.1 Å². The molecule has 1 aromatic carbocycles. The highest BCUT2D eigenvalue weighted by atomic mass is 16.5. The van der Waals surface area contributed by atoms with Crippen LogP contribution in [0.3, 0.4) is 0 Å². The van der Waals surface area contributed by atoms with E-state index in [4.69, 9.17) is 19.0 Å². The number of benzene rings is 1. The minimum absolute atomic E-state index is 0.194. The van der Waals surface area contributed by atoms with Gasteiger partial charge in [0.15, 0.2) is 6.61 Å². The molecule has 1 aromatic heterocycles. The summed E-state index contributed by atoms with van der Waals surface area (Å²) in [5.74, 6) is 0.232. The zero-order valence-electron chi connectivity index (χ0n) is 14.2. The average Bonchev–Trinajstić information content (AvgIpc) is 2.98. The molecule has 7 nitrogen and oxygen atoms in total. The van der Waals surface area contributed by atoms with Crippen LogP contribution in [0.25, 0.3) is 0 Å². The molecule has 0 aliphatic rings. The molecule has 0 saturated carbocycles. The first-order valence-corrected chi connectivity index (χ1v) is 7.83. The van der Waals surface area contributed by atoms with Gasteiger partial charge >= 0.3 is 5.97 Å². The largest absolute Gasteiger partial charge is 0.492 e. The van der Waals surface area contributed by atoms with E-state index in [1.54, 1.807) is 6.92 Å². The van der Waals surface area contributed by atoms with Gasteiger partial charge in [0.25, 0.3) is 5.91 Å². The van der Waals surface area contributed by atoms with Gasteiger partial charge in [-0.25, -0.2) is 4.79 Å².